The molecule has 8 nitrogen and oxygen atoms in total. The summed E-state index contributed by atoms with van der Waals surface area (Å²) in [5, 5.41) is 2.79. The number of ether oxygens (including phenoxy) is 2. The van der Waals surface area contributed by atoms with Gasteiger partial charge in [0, 0.05) is 12.0 Å². The largest absolute Gasteiger partial charge is 0.468 e. The van der Waals surface area contributed by atoms with Gasteiger partial charge >= 0.3 is 12.1 Å². The molecule has 2 rings (SSSR count). The van der Waals surface area contributed by atoms with Crippen molar-refractivity contribution in [3.8, 4) is 0 Å². The summed E-state index contributed by atoms with van der Waals surface area (Å²) in [4.78, 5) is 23.4. The number of hydrogen-bond acceptors (Lipinski definition) is 6. The van der Waals surface area contributed by atoms with Crippen LogP contribution in [0.15, 0.2) is 24.3 Å². The Morgan fingerprint density at radius 3 is 2.52 bits per heavy atom. The first kappa shape index (κ1) is 21.2. The van der Waals surface area contributed by atoms with Gasteiger partial charge in [-0.3, -0.25) is 4.79 Å². The third kappa shape index (κ3) is 6.21. The van der Waals surface area contributed by atoms with Crippen LogP contribution < -0.4 is 10.0 Å². The van der Waals surface area contributed by atoms with Gasteiger partial charge in [-0.2, -0.15) is 0 Å². The molecule has 1 aliphatic carbocycles. The molecule has 1 aromatic rings. The van der Waals surface area contributed by atoms with Crippen LogP contribution in [-0.4, -0.2) is 51.5 Å². The molecule has 0 spiro atoms. The Hall–Kier alpha value is -2.13. The summed E-state index contributed by atoms with van der Waals surface area (Å²) in [6, 6.07) is 7.04. The van der Waals surface area contributed by atoms with Crippen molar-refractivity contribution in [2.75, 3.05) is 19.4 Å². The van der Waals surface area contributed by atoms with E-state index in [0.29, 0.717) is 6.42 Å². The van der Waals surface area contributed by atoms with E-state index in [-0.39, 0.29) is 5.75 Å². The predicted octanol–water partition coefficient (Wildman–Crippen LogP) is 1.31. The summed E-state index contributed by atoms with van der Waals surface area (Å²) in [5.41, 5.74) is 1.19. The smallest absolute Gasteiger partial charge is 0.407 e. The van der Waals surface area contributed by atoms with Crippen molar-refractivity contribution in [1.29, 1.82) is 0 Å². The zero-order chi connectivity index (χ0) is 20.2. The molecule has 0 saturated carbocycles. The third-order valence-electron chi connectivity index (χ3n) is 4.15. The van der Waals surface area contributed by atoms with Gasteiger partial charge in [0.2, 0.25) is 10.0 Å². The first-order valence-electron chi connectivity index (χ1n) is 8.62. The second-order valence-corrected chi connectivity index (χ2v) is 9.29. The minimum atomic E-state index is -3.76. The molecule has 2 atom stereocenters. The molecule has 0 heterocycles. The lowest BCUT2D eigenvalue weighted by Crippen LogP contribution is -2.44. The fourth-order valence-electron chi connectivity index (χ4n) is 3.03. The Kier molecular flexibility index (Phi) is 6.48. The second kappa shape index (κ2) is 8.26. The van der Waals surface area contributed by atoms with Gasteiger partial charge in [-0.1, -0.05) is 24.3 Å². The predicted molar refractivity (Wildman–Crippen MR) is 99.9 cm³/mol. The van der Waals surface area contributed by atoms with Crippen molar-refractivity contribution in [3.05, 3.63) is 35.4 Å². The quantitative estimate of drug-likeness (QED) is 0.699. The Morgan fingerprint density at radius 2 is 1.89 bits per heavy atom. The fraction of sp³-hybridized carbons (Fsp3) is 0.556. The number of sulfonamides is 1. The highest BCUT2D eigenvalue weighted by Gasteiger charge is 2.37. The van der Waals surface area contributed by atoms with Gasteiger partial charge in [0.1, 0.15) is 12.1 Å². The van der Waals surface area contributed by atoms with Crippen molar-refractivity contribution in [1.82, 2.24) is 10.0 Å². The van der Waals surface area contributed by atoms with Crippen LogP contribution in [0.4, 0.5) is 4.79 Å². The highest BCUT2D eigenvalue weighted by Crippen LogP contribution is 2.34. The Labute approximate surface area is 159 Å². The second-order valence-electron chi connectivity index (χ2n) is 7.44. The highest BCUT2D eigenvalue weighted by molar-refractivity contribution is 7.89. The zero-order valence-electron chi connectivity index (χ0n) is 15.9. The van der Waals surface area contributed by atoms with Crippen LogP contribution in [0.25, 0.3) is 0 Å². The van der Waals surface area contributed by atoms with E-state index in [1.807, 2.05) is 24.3 Å². The topological polar surface area (TPSA) is 111 Å². The van der Waals surface area contributed by atoms with Gasteiger partial charge in [-0.25, -0.2) is 17.9 Å². The molecule has 0 fully saturated rings. The first-order chi connectivity index (χ1) is 12.5. The molecule has 150 valence electrons. The van der Waals surface area contributed by atoms with Crippen molar-refractivity contribution in [2.45, 2.75) is 44.8 Å². The van der Waals surface area contributed by atoms with E-state index in [1.54, 1.807) is 20.8 Å². The summed E-state index contributed by atoms with van der Waals surface area (Å²) < 4.78 is 36.8. The monoisotopic (exact) mass is 398 g/mol. The van der Waals surface area contributed by atoms with Crippen LogP contribution >= 0.6 is 0 Å². The average Bonchev–Trinajstić information content (AvgIpc) is 2.88. The van der Waals surface area contributed by atoms with Crippen molar-refractivity contribution < 1.29 is 27.5 Å². The van der Waals surface area contributed by atoms with E-state index in [0.717, 1.165) is 11.1 Å². The number of amides is 1. The maximum absolute atomic E-state index is 12.4. The minimum Gasteiger partial charge on any atom is -0.468 e. The van der Waals surface area contributed by atoms with Gasteiger partial charge in [0.05, 0.1) is 12.9 Å². The SMILES string of the molecule is COC(=O)CNS(=O)(=O)C[C@@H]1c2ccccc2C[C@H]1NC(=O)OC(C)(C)C. The molecule has 0 radical (unpaired) electrons. The number of nitrogens with one attached hydrogen (secondary N) is 2. The Bertz CT molecular complexity index is 800. The summed E-state index contributed by atoms with van der Waals surface area (Å²) in [7, 11) is -2.57. The third-order valence-corrected chi connectivity index (χ3v) is 5.53. The van der Waals surface area contributed by atoms with Crippen LogP contribution in [0.3, 0.4) is 0 Å². The van der Waals surface area contributed by atoms with Gasteiger partial charge in [0.15, 0.2) is 0 Å². The van der Waals surface area contributed by atoms with Crippen LogP contribution in [0.5, 0.6) is 0 Å². The standard InChI is InChI=1S/C18H26N2O6S/c1-18(2,3)26-17(22)20-15-9-12-7-5-6-8-13(12)14(15)11-27(23,24)19-10-16(21)25-4/h5-8,14-15,19H,9-11H2,1-4H3,(H,20,22)/t14-,15-/m1/s1. The van der Waals surface area contributed by atoms with Gasteiger partial charge in [-0.15, -0.1) is 0 Å². The number of carbonyl (C=O) groups excluding carboxylic acids is 2. The van der Waals surface area contributed by atoms with Crippen LogP contribution in [0.2, 0.25) is 0 Å². The zero-order valence-corrected chi connectivity index (χ0v) is 16.8. The number of fused-ring (bicyclic) bond motifs is 1. The molecule has 0 saturated heterocycles. The molecule has 0 aromatic heterocycles. The molecule has 0 bridgehead atoms. The number of methoxy groups -OCH3 is 1. The number of hydrogen-bond donors (Lipinski definition) is 2. The van der Waals surface area contributed by atoms with Crippen molar-refractivity contribution in [3.63, 3.8) is 0 Å². The van der Waals surface area contributed by atoms with Gasteiger partial charge in [0.25, 0.3) is 0 Å². The van der Waals surface area contributed by atoms with Gasteiger partial charge in [-0.05, 0) is 38.3 Å². The molecule has 9 heteroatoms. The summed E-state index contributed by atoms with van der Waals surface area (Å²) in [6.45, 7) is 4.84. The molecule has 1 amide bonds. The molecule has 27 heavy (non-hydrogen) atoms. The van der Waals surface area contributed by atoms with Crippen LogP contribution in [0.1, 0.15) is 37.8 Å². The molecular formula is C18H26N2O6S. The molecule has 0 unspecified atom stereocenters. The first-order valence-corrected chi connectivity index (χ1v) is 10.3. The molecule has 2 N–H and O–H groups in total. The number of rotatable bonds is 6. The van der Waals surface area contributed by atoms with E-state index in [4.69, 9.17) is 4.74 Å². The molecule has 1 aromatic carbocycles. The number of carbonyl (C=O) groups is 2. The average molecular weight is 398 g/mol. The van der Waals surface area contributed by atoms with Crippen LogP contribution in [0, 0.1) is 0 Å². The Balaban J connectivity index is 2.15. The maximum atomic E-state index is 12.4. The lowest BCUT2D eigenvalue weighted by molar-refractivity contribution is -0.139. The van der Waals surface area contributed by atoms with Crippen molar-refractivity contribution in [2.24, 2.45) is 0 Å². The van der Waals surface area contributed by atoms with E-state index >= 15 is 0 Å². The summed E-state index contributed by atoms with van der Waals surface area (Å²) >= 11 is 0. The van der Waals surface area contributed by atoms with Crippen LogP contribution in [-0.2, 0) is 30.7 Å². The molecule has 0 aliphatic heterocycles. The van der Waals surface area contributed by atoms with E-state index in [9.17, 15) is 18.0 Å². The molecule has 1 aliphatic rings. The minimum absolute atomic E-state index is 0.262. The van der Waals surface area contributed by atoms with E-state index in [2.05, 4.69) is 14.8 Å². The maximum Gasteiger partial charge on any atom is 0.407 e. The highest BCUT2D eigenvalue weighted by atomic mass is 32.2. The summed E-state index contributed by atoms with van der Waals surface area (Å²) in [5.74, 6) is -1.39. The van der Waals surface area contributed by atoms with Gasteiger partial charge < -0.3 is 14.8 Å². The Morgan fingerprint density at radius 1 is 1.22 bits per heavy atom. The lowest BCUT2D eigenvalue weighted by Gasteiger charge is -2.25. The number of esters is 1. The van der Waals surface area contributed by atoms with E-state index in [1.165, 1.54) is 7.11 Å². The van der Waals surface area contributed by atoms with Crippen molar-refractivity contribution >= 4 is 22.1 Å². The molecular weight excluding hydrogens is 372 g/mol. The number of benzene rings is 1. The fourth-order valence-corrected chi connectivity index (χ4v) is 4.37. The number of alkyl carbamates (subject to hydrolysis) is 1. The van der Waals surface area contributed by atoms with E-state index < -0.39 is 46.2 Å². The summed E-state index contributed by atoms with van der Waals surface area (Å²) in [6.07, 6.45) is -0.0858. The normalized spacial score (nSPS) is 19.3. The lowest BCUT2D eigenvalue weighted by atomic mass is 10.0.